The second kappa shape index (κ2) is 32.8. The van der Waals surface area contributed by atoms with E-state index in [4.69, 9.17) is 14.2 Å². The molecule has 1 fully saturated rings. The minimum Gasteiger partial charge on any atom is -0.467 e. The van der Waals surface area contributed by atoms with E-state index in [0.29, 0.717) is 12.8 Å². The Morgan fingerprint density at radius 2 is 0.980 bits per heavy atom. The van der Waals surface area contributed by atoms with Crippen molar-refractivity contribution in [1.29, 1.82) is 0 Å². The van der Waals surface area contributed by atoms with Crippen molar-refractivity contribution in [3.8, 4) is 0 Å². The molecule has 0 bridgehead atoms. The molecule has 290 valence electrons. The van der Waals surface area contributed by atoms with Crippen molar-refractivity contribution in [3.05, 3.63) is 12.2 Å². The van der Waals surface area contributed by atoms with E-state index in [0.717, 1.165) is 19.3 Å². The Kier molecular flexibility index (Phi) is 30.8. The van der Waals surface area contributed by atoms with E-state index in [9.17, 15) is 25.2 Å². The van der Waals surface area contributed by atoms with Crippen molar-refractivity contribution >= 4 is 5.97 Å². The third-order valence-electron chi connectivity index (χ3n) is 10.1. The normalized spacial score (nSPS) is 21.8. The highest BCUT2D eigenvalue weighted by atomic mass is 16.7. The topological polar surface area (TPSA) is 126 Å². The number of carbonyl (C=O) groups excluding carboxylic acids is 1. The summed E-state index contributed by atoms with van der Waals surface area (Å²) in [7, 11) is 1.26. The van der Waals surface area contributed by atoms with Gasteiger partial charge < -0.3 is 34.6 Å². The van der Waals surface area contributed by atoms with Gasteiger partial charge in [-0.25, -0.2) is 4.79 Å². The van der Waals surface area contributed by atoms with Crippen molar-refractivity contribution in [2.75, 3.05) is 13.7 Å². The van der Waals surface area contributed by atoms with Crippen LogP contribution in [0.25, 0.3) is 0 Å². The molecule has 1 aliphatic rings. The van der Waals surface area contributed by atoms with Crippen molar-refractivity contribution in [2.24, 2.45) is 0 Å². The van der Waals surface area contributed by atoms with Gasteiger partial charge in [-0.05, 0) is 38.5 Å². The van der Waals surface area contributed by atoms with Gasteiger partial charge in [-0.1, -0.05) is 167 Å². The zero-order valence-corrected chi connectivity index (χ0v) is 31.8. The number of allylic oxidation sites excluding steroid dienone is 2. The minimum absolute atomic E-state index is 0.370. The molecule has 1 heterocycles. The number of ether oxygens (including phenoxy) is 3. The molecule has 0 radical (unpaired) electrons. The number of unbranched alkanes of at least 4 members (excludes halogenated alkanes) is 26. The van der Waals surface area contributed by atoms with Crippen LogP contribution in [0.15, 0.2) is 12.2 Å². The molecule has 1 rings (SSSR count). The first-order chi connectivity index (χ1) is 24.0. The van der Waals surface area contributed by atoms with Gasteiger partial charge in [0.05, 0.1) is 13.7 Å². The van der Waals surface area contributed by atoms with Gasteiger partial charge in [-0.2, -0.15) is 0 Å². The monoisotopic (exact) mass is 699 g/mol. The molecule has 0 aromatic heterocycles. The summed E-state index contributed by atoms with van der Waals surface area (Å²) in [5.41, 5.74) is 0. The summed E-state index contributed by atoms with van der Waals surface area (Å²) in [5.74, 6) is -0.595. The second-order valence-electron chi connectivity index (χ2n) is 14.5. The number of methoxy groups -OCH3 is 1. The van der Waals surface area contributed by atoms with Crippen LogP contribution in [0.1, 0.15) is 193 Å². The largest absolute Gasteiger partial charge is 0.467 e. The average Bonchev–Trinajstić information content (AvgIpc) is 3.11. The molecule has 4 N–H and O–H groups in total. The average molecular weight is 699 g/mol. The molecule has 0 aromatic carbocycles. The SMILES string of the molecule is CCCCCCCCCCCCCCCCCCCCCCCCCCC=CCCCCC(OC1OC(CO)C(O)C(O)C1O)C(=O)OC. The van der Waals surface area contributed by atoms with E-state index in [1.54, 1.807) is 0 Å². The number of hydrogen-bond acceptors (Lipinski definition) is 8. The van der Waals surface area contributed by atoms with E-state index < -0.39 is 49.4 Å². The Hall–Kier alpha value is -1.03. The molecular weight excluding hydrogens is 620 g/mol. The molecule has 0 spiro atoms. The Bertz CT molecular complexity index is 760. The molecule has 0 aromatic rings. The maximum absolute atomic E-state index is 12.2. The molecule has 8 heteroatoms. The van der Waals surface area contributed by atoms with Crippen LogP contribution in [0.3, 0.4) is 0 Å². The summed E-state index contributed by atoms with van der Waals surface area (Å²) < 4.78 is 15.8. The van der Waals surface area contributed by atoms with Gasteiger partial charge in [0.25, 0.3) is 0 Å². The van der Waals surface area contributed by atoms with Gasteiger partial charge >= 0.3 is 5.97 Å². The predicted molar refractivity (Wildman–Crippen MR) is 199 cm³/mol. The van der Waals surface area contributed by atoms with Gasteiger partial charge in [-0.15, -0.1) is 0 Å². The summed E-state index contributed by atoms with van der Waals surface area (Å²) in [4.78, 5) is 12.2. The lowest BCUT2D eigenvalue weighted by Crippen LogP contribution is -2.60. The van der Waals surface area contributed by atoms with E-state index in [2.05, 4.69) is 19.1 Å². The molecule has 0 saturated carbocycles. The Morgan fingerprint density at radius 1 is 0.592 bits per heavy atom. The predicted octanol–water partition coefficient (Wildman–Crippen LogP) is 9.23. The molecule has 8 nitrogen and oxygen atoms in total. The van der Waals surface area contributed by atoms with Gasteiger partial charge in [0.2, 0.25) is 0 Å². The summed E-state index contributed by atoms with van der Waals surface area (Å²) in [5, 5.41) is 39.5. The maximum Gasteiger partial charge on any atom is 0.335 e. The van der Waals surface area contributed by atoms with Crippen LogP contribution in [0.2, 0.25) is 0 Å². The van der Waals surface area contributed by atoms with Crippen LogP contribution in [-0.4, -0.2) is 76.9 Å². The van der Waals surface area contributed by atoms with Crippen molar-refractivity contribution in [3.63, 3.8) is 0 Å². The highest BCUT2D eigenvalue weighted by Crippen LogP contribution is 2.24. The smallest absolute Gasteiger partial charge is 0.335 e. The first kappa shape index (κ1) is 46.0. The lowest BCUT2D eigenvalue weighted by Gasteiger charge is -2.40. The highest BCUT2D eigenvalue weighted by molar-refractivity contribution is 5.74. The van der Waals surface area contributed by atoms with Crippen molar-refractivity contribution < 1.29 is 39.4 Å². The lowest BCUT2D eigenvalue weighted by atomic mass is 9.99. The summed E-state index contributed by atoms with van der Waals surface area (Å²) in [6, 6.07) is 0. The van der Waals surface area contributed by atoms with Gasteiger partial charge in [-0.3, -0.25) is 0 Å². The number of hydrogen-bond donors (Lipinski definition) is 4. The number of carbonyl (C=O) groups is 1. The molecule has 0 amide bonds. The molecular formula is C41H78O8. The number of esters is 1. The van der Waals surface area contributed by atoms with E-state index >= 15 is 0 Å². The fourth-order valence-electron chi connectivity index (χ4n) is 6.77. The van der Waals surface area contributed by atoms with E-state index in [1.807, 2.05) is 0 Å². The Morgan fingerprint density at radius 3 is 1.37 bits per heavy atom. The Balaban J connectivity index is 1.88. The van der Waals surface area contributed by atoms with Gasteiger partial charge in [0, 0.05) is 0 Å². The summed E-state index contributed by atoms with van der Waals surface area (Å²) in [6.45, 7) is 1.73. The van der Waals surface area contributed by atoms with Gasteiger partial charge in [0.15, 0.2) is 12.4 Å². The fourth-order valence-corrected chi connectivity index (χ4v) is 6.77. The molecule has 6 unspecified atom stereocenters. The number of aliphatic hydroxyl groups is 4. The van der Waals surface area contributed by atoms with Crippen molar-refractivity contribution in [2.45, 2.75) is 230 Å². The first-order valence-corrected chi connectivity index (χ1v) is 20.6. The molecule has 1 saturated heterocycles. The van der Waals surface area contributed by atoms with Crippen LogP contribution < -0.4 is 0 Å². The van der Waals surface area contributed by atoms with Gasteiger partial charge in [0.1, 0.15) is 24.4 Å². The Labute approximate surface area is 300 Å². The zero-order chi connectivity index (χ0) is 35.8. The third-order valence-corrected chi connectivity index (χ3v) is 10.1. The standard InChI is InChI=1S/C41H78O8/c1-3-4-5-6-7-8-9-10-11-12-13-14-15-16-17-18-19-20-21-22-23-24-25-26-27-28-29-30-31-32-33-35(40(46)47-2)48-41-39(45)38(44)37(43)36(34-42)49-41/h28-29,35-39,41-45H,3-27,30-34H2,1-2H3. The minimum atomic E-state index is -1.55. The van der Waals surface area contributed by atoms with E-state index in [-0.39, 0.29) is 0 Å². The number of rotatable bonds is 34. The van der Waals surface area contributed by atoms with Crippen molar-refractivity contribution in [1.82, 2.24) is 0 Å². The highest BCUT2D eigenvalue weighted by Gasteiger charge is 2.45. The lowest BCUT2D eigenvalue weighted by molar-refractivity contribution is -0.310. The van der Waals surface area contributed by atoms with Crippen LogP contribution in [-0.2, 0) is 19.0 Å². The third kappa shape index (κ3) is 24.0. The quantitative estimate of drug-likeness (QED) is 0.0298. The maximum atomic E-state index is 12.2. The van der Waals surface area contributed by atoms with Crippen LogP contribution >= 0.6 is 0 Å². The molecule has 49 heavy (non-hydrogen) atoms. The molecule has 0 aliphatic carbocycles. The zero-order valence-electron chi connectivity index (χ0n) is 31.8. The van der Waals surface area contributed by atoms with Crippen LogP contribution in [0.5, 0.6) is 0 Å². The molecule has 6 atom stereocenters. The van der Waals surface area contributed by atoms with E-state index in [1.165, 1.54) is 161 Å². The first-order valence-electron chi connectivity index (χ1n) is 20.6. The van der Waals surface area contributed by atoms with Crippen LogP contribution in [0, 0.1) is 0 Å². The fraction of sp³-hybridized carbons (Fsp3) is 0.927. The summed E-state index contributed by atoms with van der Waals surface area (Å²) in [6.07, 6.45) is 34.2. The second-order valence-corrected chi connectivity index (χ2v) is 14.5. The number of aliphatic hydroxyl groups excluding tert-OH is 4. The summed E-state index contributed by atoms with van der Waals surface area (Å²) >= 11 is 0. The van der Waals surface area contributed by atoms with Crippen LogP contribution in [0.4, 0.5) is 0 Å². The molecule has 1 aliphatic heterocycles.